The highest BCUT2D eigenvalue weighted by Crippen LogP contribution is 2.39. The Hall–Kier alpha value is -2.16. The first-order valence-corrected chi connectivity index (χ1v) is 8.45. The van der Waals surface area contributed by atoms with E-state index < -0.39 is 22.5 Å². The highest BCUT2D eigenvalue weighted by Gasteiger charge is 2.30. The SMILES string of the molecule is COC(=O)C(C)Sc1nc(C2CC2)nc2c1c(=O)n(C)c(=O)n2C. The zero-order chi connectivity index (χ0) is 17.6. The molecule has 8 nitrogen and oxygen atoms in total. The molecule has 0 saturated heterocycles. The zero-order valence-electron chi connectivity index (χ0n) is 13.9. The van der Waals surface area contributed by atoms with Crippen LogP contribution in [0.3, 0.4) is 0 Å². The van der Waals surface area contributed by atoms with E-state index in [1.807, 2.05) is 0 Å². The quantitative estimate of drug-likeness (QED) is 0.451. The van der Waals surface area contributed by atoms with Crippen LogP contribution in [-0.2, 0) is 23.6 Å². The fourth-order valence-corrected chi connectivity index (χ4v) is 3.41. The summed E-state index contributed by atoms with van der Waals surface area (Å²) in [5, 5.41) is 0.142. The summed E-state index contributed by atoms with van der Waals surface area (Å²) in [5.41, 5.74) is -0.598. The molecule has 1 saturated carbocycles. The van der Waals surface area contributed by atoms with E-state index in [9.17, 15) is 14.4 Å². The second-order valence-corrected chi connectivity index (χ2v) is 7.18. The summed E-state index contributed by atoms with van der Waals surface area (Å²) in [5.74, 6) is 0.466. The Morgan fingerprint density at radius 1 is 1.25 bits per heavy atom. The van der Waals surface area contributed by atoms with E-state index >= 15 is 0 Å². The minimum Gasteiger partial charge on any atom is -0.468 e. The number of aryl methyl sites for hydroxylation is 1. The molecule has 128 valence electrons. The molecule has 1 fully saturated rings. The molecule has 0 aromatic carbocycles. The van der Waals surface area contributed by atoms with Crippen molar-refractivity contribution in [1.82, 2.24) is 19.1 Å². The van der Waals surface area contributed by atoms with Gasteiger partial charge in [-0.2, -0.15) is 0 Å². The van der Waals surface area contributed by atoms with E-state index in [0.717, 1.165) is 29.2 Å². The number of ether oxygens (including phenoxy) is 1. The summed E-state index contributed by atoms with van der Waals surface area (Å²) in [6.07, 6.45) is 1.97. The van der Waals surface area contributed by atoms with Crippen LogP contribution in [0.25, 0.3) is 11.0 Å². The third kappa shape index (κ3) is 2.72. The molecular formula is C15H18N4O4S. The molecule has 0 radical (unpaired) electrons. The maximum Gasteiger partial charge on any atom is 0.332 e. The van der Waals surface area contributed by atoms with Crippen molar-refractivity contribution in [3.8, 4) is 0 Å². The minimum absolute atomic E-state index is 0.251. The lowest BCUT2D eigenvalue weighted by atomic mass is 10.3. The van der Waals surface area contributed by atoms with Crippen molar-refractivity contribution >= 4 is 28.8 Å². The summed E-state index contributed by atoms with van der Waals surface area (Å²) >= 11 is 1.15. The molecule has 0 bridgehead atoms. The van der Waals surface area contributed by atoms with Gasteiger partial charge in [-0.3, -0.25) is 18.7 Å². The van der Waals surface area contributed by atoms with Crippen molar-refractivity contribution in [1.29, 1.82) is 0 Å². The van der Waals surface area contributed by atoms with E-state index in [4.69, 9.17) is 4.74 Å². The number of hydrogen-bond donors (Lipinski definition) is 0. The lowest BCUT2D eigenvalue weighted by molar-refractivity contribution is -0.139. The molecule has 1 aliphatic carbocycles. The predicted molar refractivity (Wildman–Crippen MR) is 89.3 cm³/mol. The highest BCUT2D eigenvalue weighted by atomic mass is 32.2. The van der Waals surface area contributed by atoms with Gasteiger partial charge >= 0.3 is 11.7 Å². The molecule has 0 amide bonds. The number of hydrogen-bond acceptors (Lipinski definition) is 7. The van der Waals surface area contributed by atoms with Crippen LogP contribution in [0.2, 0.25) is 0 Å². The van der Waals surface area contributed by atoms with Crippen LogP contribution in [0, 0.1) is 0 Å². The Balaban J connectivity index is 2.27. The van der Waals surface area contributed by atoms with Crippen LogP contribution >= 0.6 is 11.8 Å². The number of nitrogens with zero attached hydrogens (tertiary/aromatic N) is 4. The van der Waals surface area contributed by atoms with Gasteiger partial charge in [0.05, 0.1) is 7.11 Å². The van der Waals surface area contributed by atoms with Crippen molar-refractivity contribution in [2.75, 3.05) is 7.11 Å². The normalized spacial score (nSPS) is 15.5. The van der Waals surface area contributed by atoms with Crippen molar-refractivity contribution in [2.45, 2.75) is 36.0 Å². The Bertz CT molecular complexity index is 945. The molecule has 1 atom stereocenters. The number of carbonyl (C=O) groups is 1. The van der Waals surface area contributed by atoms with Crippen molar-refractivity contribution in [3.05, 3.63) is 26.7 Å². The van der Waals surface area contributed by atoms with Crippen LogP contribution in [0.1, 0.15) is 31.5 Å². The standard InChI is InChI=1S/C15H18N4O4S/c1-7(14(21)23-4)24-12-9-11(16-10(17-12)8-5-6-8)18(2)15(22)19(3)13(9)20/h7-8H,5-6H2,1-4H3. The number of thioether (sulfide) groups is 1. The molecule has 2 aromatic rings. The minimum atomic E-state index is -0.526. The summed E-state index contributed by atoms with van der Waals surface area (Å²) in [7, 11) is 4.30. The molecule has 24 heavy (non-hydrogen) atoms. The fourth-order valence-electron chi connectivity index (χ4n) is 2.44. The summed E-state index contributed by atoms with van der Waals surface area (Å²) in [6, 6.07) is 0. The lowest BCUT2D eigenvalue weighted by Gasteiger charge is -2.13. The average Bonchev–Trinajstić information content (AvgIpc) is 3.41. The number of fused-ring (bicyclic) bond motifs is 1. The molecule has 9 heteroatoms. The molecule has 0 spiro atoms. The summed E-state index contributed by atoms with van der Waals surface area (Å²) in [4.78, 5) is 45.4. The van der Waals surface area contributed by atoms with Gasteiger partial charge in [0.1, 0.15) is 21.5 Å². The Morgan fingerprint density at radius 2 is 1.92 bits per heavy atom. The van der Waals surface area contributed by atoms with E-state index in [0.29, 0.717) is 16.5 Å². The van der Waals surface area contributed by atoms with Crippen molar-refractivity contribution < 1.29 is 9.53 Å². The van der Waals surface area contributed by atoms with Gasteiger partial charge < -0.3 is 4.74 Å². The third-order valence-corrected chi connectivity index (χ3v) is 5.11. The van der Waals surface area contributed by atoms with Gasteiger partial charge in [0, 0.05) is 20.0 Å². The molecule has 1 aliphatic rings. The van der Waals surface area contributed by atoms with Gasteiger partial charge in [0.25, 0.3) is 5.56 Å². The van der Waals surface area contributed by atoms with Crippen molar-refractivity contribution in [2.24, 2.45) is 14.1 Å². The number of aromatic nitrogens is 4. The Morgan fingerprint density at radius 3 is 2.50 bits per heavy atom. The topological polar surface area (TPSA) is 96.1 Å². The van der Waals surface area contributed by atoms with Gasteiger partial charge in [0.15, 0.2) is 5.65 Å². The molecular weight excluding hydrogens is 332 g/mol. The molecule has 0 N–H and O–H groups in total. The van der Waals surface area contributed by atoms with Gasteiger partial charge in [0.2, 0.25) is 0 Å². The van der Waals surface area contributed by atoms with E-state index in [2.05, 4.69) is 9.97 Å². The van der Waals surface area contributed by atoms with Crippen molar-refractivity contribution in [3.63, 3.8) is 0 Å². The smallest absolute Gasteiger partial charge is 0.332 e. The number of rotatable bonds is 4. The zero-order valence-corrected chi connectivity index (χ0v) is 14.7. The molecule has 1 unspecified atom stereocenters. The average molecular weight is 350 g/mol. The largest absolute Gasteiger partial charge is 0.468 e. The number of methoxy groups -OCH3 is 1. The fraction of sp³-hybridized carbons (Fsp3) is 0.533. The first-order chi connectivity index (χ1) is 11.3. The van der Waals surface area contributed by atoms with Crippen LogP contribution in [-0.4, -0.2) is 37.4 Å². The molecule has 2 aromatic heterocycles. The van der Waals surface area contributed by atoms with Gasteiger partial charge in [-0.25, -0.2) is 14.8 Å². The maximum absolute atomic E-state index is 12.6. The predicted octanol–water partition coefficient (Wildman–Crippen LogP) is 0.558. The van der Waals surface area contributed by atoms with Crippen LogP contribution in [0.4, 0.5) is 0 Å². The van der Waals surface area contributed by atoms with Gasteiger partial charge in [-0.15, -0.1) is 0 Å². The molecule has 0 aliphatic heterocycles. The van der Waals surface area contributed by atoms with Crippen LogP contribution < -0.4 is 11.2 Å². The highest BCUT2D eigenvalue weighted by molar-refractivity contribution is 8.00. The molecule has 2 heterocycles. The number of esters is 1. The first-order valence-electron chi connectivity index (χ1n) is 7.57. The summed E-state index contributed by atoms with van der Waals surface area (Å²) < 4.78 is 7.11. The van der Waals surface area contributed by atoms with Gasteiger partial charge in [-0.1, -0.05) is 11.8 Å². The third-order valence-electron chi connectivity index (χ3n) is 4.05. The second-order valence-electron chi connectivity index (χ2n) is 5.85. The number of carbonyl (C=O) groups excluding carboxylic acids is 1. The van der Waals surface area contributed by atoms with E-state index in [1.165, 1.54) is 18.7 Å². The maximum atomic E-state index is 12.6. The van der Waals surface area contributed by atoms with E-state index in [-0.39, 0.29) is 11.3 Å². The second kappa shape index (κ2) is 6.04. The van der Waals surface area contributed by atoms with Gasteiger partial charge in [-0.05, 0) is 19.8 Å². The summed E-state index contributed by atoms with van der Waals surface area (Å²) in [6.45, 7) is 1.69. The first kappa shape index (κ1) is 16.7. The monoisotopic (exact) mass is 350 g/mol. The molecule has 3 rings (SSSR count). The Kier molecular flexibility index (Phi) is 4.20. The Labute approximate surface area is 141 Å². The van der Waals surface area contributed by atoms with Crippen LogP contribution in [0.15, 0.2) is 14.6 Å². The van der Waals surface area contributed by atoms with E-state index in [1.54, 1.807) is 14.0 Å². The lowest BCUT2D eigenvalue weighted by Crippen LogP contribution is -2.38. The van der Waals surface area contributed by atoms with Crippen LogP contribution in [0.5, 0.6) is 0 Å².